The molecule has 1 aromatic rings. The van der Waals surface area contributed by atoms with E-state index in [9.17, 15) is 9.59 Å². The van der Waals surface area contributed by atoms with Crippen LogP contribution in [0, 0.1) is 0 Å². The first kappa shape index (κ1) is 18.5. The predicted octanol–water partition coefficient (Wildman–Crippen LogP) is 2.65. The van der Waals surface area contributed by atoms with E-state index in [0.29, 0.717) is 11.3 Å². The minimum absolute atomic E-state index is 0.0123. The number of carbonyl (C=O) groups is 2. The lowest BCUT2D eigenvalue weighted by Gasteiger charge is -2.36. The number of rotatable bonds is 7. The standard InChI is InChI=1S/C19H28N2O3/c1-4-12-21(17-8-10-20-11-9-17)19(23)15(3)24-18-7-5-6-16(13-18)14(2)22/h5-7,13,15,17,20H,4,8-12H2,1-3H3. The van der Waals surface area contributed by atoms with Crippen molar-refractivity contribution in [1.29, 1.82) is 0 Å². The molecule has 0 spiro atoms. The maximum Gasteiger partial charge on any atom is 0.263 e. The summed E-state index contributed by atoms with van der Waals surface area (Å²) in [5.74, 6) is 0.573. The molecule has 0 saturated carbocycles. The number of Topliss-reactive ketones (excluding diaryl/α,β-unsaturated/α-hetero) is 1. The number of nitrogens with one attached hydrogen (secondary N) is 1. The van der Waals surface area contributed by atoms with E-state index in [4.69, 9.17) is 4.74 Å². The number of benzene rings is 1. The van der Waals surface area contributed by atoms with Gasteiger partial charge in [0.05, 0.1) is 0 Å². The molecule has 1 heterocycles. The first-order valence-corrected chi connectivity index (χ1v) is 8.81. The molecule has 24 heavy (non-hydrogen) atoms. The number of carbonyl (C=O) groups excluding carboxylic acids is 2. The minimum Gasteiger partial charge on any atom is -0.481 e. The van der Waals surface area contributed by atoms with E-state index in [1.165, 1.54) is 6.92 Å². The molecule has 2 rings (SSSR count). The van der Waals surface area contributed by atoms with Gasteiger partial charge in [-0.2, -0.15) is 0 Å². The molecular formula is C19H28N2O3. The van der Waals surface area contributed by atoms with Gasteiger partial charge < -0.3 is 15.0 Å². The summed E-state index contributed by atoms with van der Waals surface area (Å²) in [7, 11) is 0. The van der Waals surface area contributed by atoms with Crippen LogP contribution in [0.15, 0.2) is 24.3 Å². The highest BCUT2D eigenvalue weighted by atomic mass is 16.5. The highest BCUT2D eigenvalue weighted by Gasteiger charge is 2.28. The Morgan fingerprint density at radius 2 is 2.04 bits per heavy atom. The lowest BCUT2D eigenvalue weighted by Crippen LogP contribution is -2.50. The van der Waals surface area contributed by atoms with Crippen molar-refractivity contribution in [3.05, 3.63) is 29.8 Å². The number of ether oxygens (including phenoxy) is 1. The first-order chi connectivity index (χ1) is 11.5. The van der Waals surface area contributed by atoms with Crippen LogP contribution >= 0.6 is 0 Å². The van der Waals surface area contributed by atoms with Crippen LogP contribution in [0.5, 0.6) is 5.75 Å². The van der Waals surface area contributed by atoms with E-state index in [-0.39, 0.29) is 17.7 Å². The summed E-state index contributed by atoms with van der Waals surface area (Å²) in [5, 5.41) is 3.34. The maximum absolute atomic E-state index is 12.9. The molecule has 1 fully saturated rings. The highest BCUT2D eigenvalue weighted by molar-refractivity contribution is 5.94. The van der Waals surface area contributed by atoms with Crippen LogP contribution in [0.1, 0.15) is 50.4 Å². The van der Waals surface area contributed by atoms with Gasteiger partial charge in [0.2, 0.25) is 0 Å². The summed E-state index contributed by atoms with van der Waals surface area (Å²) in [4.78, 5) is 26.3. The molecule has 0 radical (unpaired) electrons. The van der Waals surface area contributed by atoms with Crippen molar-refractivity contribution < 1.29 is 14.3 Å². The van der Waals surface area contributed by atoms with Crippen molar-refractivity contribution in [1.82, 2.24) is 10.2 Å². The van der Waals surface area contributed by atoms with E-state index in [1.807, 2.05) is 4.90 Å². The van der Waals surface area contributed by atoms with E-state index < -0.39 is 6.10 Å². The van der Waals surface area contributed by atoms with Gasteiger partial charge in [0.1, 0.15) is 5.75 Å². The zero-order valence-corrected chi connectivity index (χ0v) is 14.9. The Morgan fingerprint density at radius 1 is 1.33 bits per heavy atom. The Kier molecular flexibility index (Phi) is 6.79. The second kappa shape index (κ2) is 8.83. The van der Waals surface area contributed by atoms with Crippen molar-refractivity contribution in [2.45, 2.75) is 52.2 Å². The smallest absolute Gasteiger partial charge is 0.263 e. The van der Waals surface area contributed by atoms with Gasteiger partial charge in [-0.15, -0.1) is 0 Å². The summed E-state index contributed by atoms with van der Waals surface area (Å²) >= 11 is 0. The predicted molar refractivity (Wildman–Crippen MR) is 94.4 cm³/mol. The summed E-state index contributed by atoms with van der Waals surface area (Å²) in [6, 6.07) is 7.29. The molecule has 1 N–H and O–H groups in total. The molecule has 5 heteroatoms. The van der Waals surface area contributed by atoms with Crippen LogP contribution in [0.4, 0.5) is 0 Å². The van der Waals surface area contributed by atoms with Gasteiger partial charge in [-0.1, -0.05) is 19.1 Å². The zero-order valence-electron chi connectivity index (χ0n) is 14.9. The average Bonchev–Trinajstić information content (AvgIpc) is 2.60. The molecule has 1 aliphatic heterocycles. The van der Waals surface area contributed by atoms with E-state index in [0.717, 1.165) is 38.9 Å². The number of piperidine rings is 1. The van der Waals surface area contributed by atoms with E-state index >= 15 is 0 Å². The van der Waals surface area contributed by atoms with Crippen LogP contribution in [-0.2, 0) is 4.79 Å². The Morgan fingerprint density at radius 3 is 2.67 bits per heavy atom. The number of amides is 1. The quantitative estimate of drug-likeness (QED) is 0.780. The monoisotopic (exact) mass is 332 g/mol. The molecular weight excluding hydrogens is 304 g/mol. The number of hydrogen-bond acceptors (Lipinski definition) is 4. The Labute approximate surface area is 144 Å². The van der Waals surface area contributed by atoms with Crippen molar-refractivity contribution in [3.63, 3.8) is 0 Å². The topological polar surface area (TPSA) is 58.6 Å². The van der Waals surface area contributed by atoms with Gasteiger partial charge in [-0.25, -0.2) is 0 Å². The van der Waals surface area contributed by atoms with Crippen molar-refractivity contribution >= 4 is 11.7 Å². The largest absolute Gasteiger partial charge is 0.481 e. The number of ketones is 1. The molecule has 1 saturated heterocycles. The number of hydrogen-bond donors (Lipinski definition) is 1. The molecule has 1 unspecified atom stereocenters. The minimum atomic E-state index is -0.561. The van der Waals surface area contributed by atoms with Gasteiger partial charge in [0, 0.05) is 18.2 Å². The summed E-state index contributed by atoms with van der Waals surface area (Å²) < 4.78 is 5.83. The Bertz CT molecular complexity index is 567. The van der Waals surface area contributed by atoms with E-state index in [1.54, 1.807) is 31.2 Å². The summed E-state index contributed by atoms with van der Waals surface area (Å²) in [6.45, 7) is 8.05. The Balaban J connectivity index is 2.05. The van der Waals surface area contributed by atoms with Crippen molar-refractivity contribution in [2.75, 3.05) is 19.6 Å². The Hall–Kier alpha value is -1.88. The zero-order chi connectivity index (χ0) is 17.5. The molecule has 0 aromatic heterocycles. The normalized spacial score (nSPS) is 16.5. The second-order valence-corrected chi connectivity index (χ2v) is 6.36. The highest BCUT2D eigenvalue weighted by Crippen LogP contribution is 2.19. The van der Waals surface area contributed by atoms with Crippen LogP contribution < -0.4 is 10.1 Å². The fourth-order valence-electron chi connectivity index (χ4n) is 3.11. The fourth-order valence-corrected chi connectivity index (χ4v) is 3.11. The van der Waals surface area contributed by atoms with Gasteiger partial charge in [0.25, 0.3) is 5.91 Å². The average molecular weight is 332 g/mol. The number of nitrogens with zero attached hydrogens (tertiary/aromatic N) is 1. The van der Waals surface area contributed by atoms with Gasteiger partial charge >= 0.3 is 0 Å². The molecule has 1 amide bonds. The third-order valence-electron chi connectivity index (χ3n) is 4.40. The molecule has 5 nitrogen and oxygen atoms in total. The SMILES string of the molecule is CCCN(C(=O)C(C)Oc1cccc(C(C)=O)c1)C1CCNCC1. The van der Waals surface area contributed by atoms with Crippen LogP contribution in [0.2, 0.25) is 0 Å². The van der Waals surface area contributed by atoms with Gasteiger partial charge in [-0.05, 0) is 58.3 Å². The molecule has 0 bridgehead atoms. The van der Waals surface area contributed by atoms with Crippen LogP contribution in [0.25, 0.3) is 0 Å². The fraction of sp³-hybridized carbons (Fsp3) is 0.579. The lowest BCUT2D eigenvalue weighted by atomic mass is 10.0. The van der Waals surface area contributed by atoms with Gasteiger partial charge in [0.15, 0.2) is 11.9 Å². The summed E-state index contributed by atoms with van der Waals surface area (Å²) in [5.41, 5.74) is 0.593. The third kappa shape index (κ3) is 4.81. The summed E-state index contributed by atoms with van der Waals surface area (Å²) in [6.07, 6.45) is 2.34. The first-order valence-electron chi connectivity index (χ1n) is 8.81. The second-order valence-electron chi connectivity index (χ2n) is 6.36. The lowest BCUT2D eigenvalue weighted by molar-refractivity contribution is -0.141. The van der Waals surface area contributed by atoms with Crippen molar-refractivity contribution in [2.24, 2.45) is 0 Å². The molecule has 0 aliphatic carbocycles. The van der Waals surface area contributed by atoms with E-state index in [2.05, 4.69) is 12.2 Å². The molecule has 1 aromatic carbocycles. The molecule has 1 aliphatic rings. The van der Waals surface area contributed by atoms with Gasteiger partial charge in [-0.3, -0.25) is 9.59 Å². The maximum atomic E-state index is 12.9. The van der Waals surface area contributed by atoms with Crippen LogP contribution in [0.3, 0.4) is 0 Å². The molecule has 132 valence electrons. The molecule has 1 atom stereocenters. The van der Waals surface area contributed by atoms with Crippen LogP contribution in [-0.4, -0.2) is 48.4 Å². The third-order valence-corrected chi connectivity index (χ3v) is 4.40. The van der Waals surface area contributed by atoms with Crippen molar-refractivity contribution in [3.8, 4) is 5.75 Å².